The molecule has 2 amide bonds. The van der Waals surface area contributed by atoms with Gasteiger partial charge in [-0.05, 0) is 73.9 Å². The van der Waals surface area contributed by atoms with E-state index < -0.39 is 0 Å². The van der Waals surface area contributed by atoms with Gasteiger partial charge in [-0.2, -0.15) is 0 Å². The molecule has 4 nitrogen and oxygen atoms in total. The number of carbonyl (C=O) groups is 2. The number of benzene rings is 3. The monoisotopic (exact) mass is 450 g/mol. The quantitative estimate of drug-likeness (QED) is 0.502. The van der Waals surface area contributed by atoms with Crippen molar-refractivity contribution in [1.82, 2.24) is 5.32 Å². The topological polar surface area (TPSA) is 58.2 Å². The molecule has 0 aromatic heterocycles. The fourth-order valence-electron chi connectivity index (χ4n) is 2.92. The molecule has 3 rings (SSSR count). The number of nitrogens with one attached hydrogen (secondary N) is 2. The summed E-state index contributed by atoms with van der Waals surface area (Å²) in [6, 6.07) is 24.3. The molecule has 5 heteroatoms. The number of halogens is 1. The summed E-state index contributed by atoms with van der Waals surface area (Å²) in [5.41, 5.74) is 3.05. The fourth-order valence-corrected chi connectivity index (χ4v) is 3.18. The molecule has 0 saturated carbocycles. The standard InChI is InChI=1S/C24H23BrN2O2/c1-17(7-8-18-5-3-2-4-6-18)26-23(28)20-11-15-22(16-12-20)27-24(29)19-9-13-21(25)14-10-19/h2-6,9-17H,7-8H2,1H3,(H,26,28)(H,27,29). The van der Waals surface area contributed by atoms with E-state index >= 15 is 0 Å². The van der Waals surface area contributed by atoms with E-state index in [0.717, 1.165) is 17.3 Å². The van der Waals surface area contributed by atoms with Gasteiger partial charge in [0.25, 0.3) is 11.8 Å². The van der Waals surface area contributed by atoms with Crippen LogP contribution in [0.4, 0.5) is 5.69 Å². The molecule has 0 bridgehead atoms. The fraction of sp³-hybridized carbons (Fsp3) is 0.167. The highest BCUT2D eigenvalue weighted by Gasteiger charge is 2.11. The van der Waals surface area contributed by atoms with Crippen molar-refractivity contribution in [2.24, 2.45) is 0 Å². The van der Waals surface area contributed by atoms with Gasteiger partial charge in [0.1, 0.15) is 0 Å². The number of carbonyl (C=O) groups excluding carboxylic acids is 2. The zero-order valence-corrected chi connectivity index (χ0v) is 17.8. The van der Waals surface area contributed by atoms with Crippen molar-refractivity contribution in [3.05, 3.63) is 100 Å². The summed E-state index contributed by atoms with van der Waals surface area (Å²) in [7, 11) is 0. The Morgan fingerprint density at radius 2 is 1.41 bits per heavy atom. The Morgan fingerprint density at radius 3 is 2.07 bits per heavy atom. The second kappa shape index (κ2) is 10.0. The van der Waals surface area contributed by atoms with Gasteiger partial charge in [0.15, 0.2) is 0 Å². The number of rotatable bonds is 7. The summed E-state index contributed by atoms with van der Waals surface area (Å²) >= 11 is 3.35. The molecular formula is C24H23BrN2O2. The normalized spacial score (nSPS) is 11.5. The molecule has 0 aliphatic heterocycles. The Labute approximate surface area is 179 Å². The molecule has 3 aromatic carbocycles. The van der Waals surface area contributed by atoms with Gasteiger partial charge < -0.3 is 10.6 Å². The molecule has 0 spiro atoms. The van der Waals surface area contributed by atoms with Gasteiger partial charge in [0.05, 0.1) is 0 Å². The summed E-state index contributed by atoms with van der Waals surface area (Å²) in [4.78, 5) is 24.7. The van der Waals surface area contributed by atoms with Gasteiger partial charge in [-0.3, -0.25) is 9.59 Å². The molecule has 1 atom stereocenters. The van der Waals surface area contributed by atoms with Crippen molar-refractivity contribution >= 4 is 33.4 Å². The van der Waals surface area contributed by atoms with Crippen LogP contribution in [0.5, 0.6) is 0 Å². The molecule has 0 fully saturated rings. The molecule has 148 valence electrons. The van der Waals surface area contributed by atoms with Gasteiger partial charge >= 0.3 is 0 Å². The van der Waals surface area contributed by atoms with Crippen molar-refractivity contribution in [3.63, 3.8) is 0 Å². The van der Waals surface area contributed by atoms with E-state index in [-0.39, 0.29) is 17.9 Å². The maximum atomic E-state index is 12.5. The minimum Gasteiger partial charge on any atom is -0.350 e. The van der Waals surface area contributed by atoms with Crippen molar-refractivity contribution in [1.29, 1.82) is 0 Å². The van der Waals surface area contributed by atoms with Gasteiger partial charge in [-0.1, -0.05) is 46.3 Å². The molecule has 0 aliphatic rings. The molecule has 3 aromatic rings. The second-order valence-electron chi connectivity index (χ2n) is 6.94. The Bertz CT molecular complexity index is 954. The molecule has 0 heterocycles. The number of hydrogen-bond donors (Lipinski definition) is 2. The van der Waals surface area contributed by atoms with Crippen LogP contribution < -0.4 is 10.6 Å². The predicted octanol–water partition coefficient (Wildman–Crippen LogP) is 5.45. The van der Waals surface area contributed by atoms with E-state index in [2.05, 4.69) is 38.7 Å². The lowest BCUT2D eigenvalue weighted by molar-refractivity contribution is 0.0938. The predicted molar refractivity (Wildman–Crippen MR) is 120 cm³/mol. The lowest BCUT2D eigenvalue weighted by Gasteiger charge is -2.14. The molecular weight excluding hydrogens is 428 g/mol. The molecule has 29 heavy (non-hydrogen) atoms. The van der Waals surface area contributed by atoms with Crippen molar-refractivity contribution < 1.29 is 9.59 Å². The van der Waals surface area contributed by atoms with Crippen LogP contribution >= 0.6 is 15.9 Å². The van der Waals surface area contributed by atoms with Gasteiger partial charge in [0, 0.05) is 27.3 Å². The molecule has 0 radical (unpaired) electrons. The maximum Gasteiger partial charge on any atom is 0.255 e. The van der Waals surface area contributed by atoms with E-state index in [1.165, 1.54) is 5.56 Å². The lowest BCUT2D eigenvalue weighted by Crippen LogP contribution is -2.32. The first kappa shape index (κ1) is 20.8. The summed E-state index contributed by atoms with van der Waals surface area (Å²) in [5.74, 6) is -0.305. The minimum absolute atomic E-state index is 0.0690. The third kappa shape index (κ3) is 6.29. The summed E-state index contributed by atoms with van der Waals surface area (Å²) < 4.78 is 0.919. The summed E-state index contributed by atoms with van der Waals surface area (Å²) in [6.07, 6.45) is 1.79. The SMILES string of the molecule is CC(CCc1ccccc1)NC(=O)c1ccc(NC(=O)c2ccc(Br)cc2)cc1. The van der Waals surface area contributed by atoms with Crippen LogP contribution in [0.15, 0.2) is 83.3 Å². The highest BCUT2D eigenvalue weighted by molar-refractivity contribution is 9.10. The zero-order valence-electron chi connectivity index (χ0n) is 16.2. The first-order valence-corrected chi connectivity index (χ1v) is 10.3. The maximum absolute atomic E-state index is 12.5. The van der Waals surface area contributed by atoms with Crippen LogP contribution in [0, 0.1) is 0 Å². The summed E-state index contributed by atoms with van der Waals surface area (Å²) in [6.45, 7) is 2.01. The van der Waals surface area contributed by atoms with Crippen molar-refractivity contribution in [2.75, 3.05) is 5.32 Å². The molecule has 1 unspecified atom stereocenters. The third-order valence-corrected chi connectivity index (χ3v) is 5.13. The minimum atomic E-state index is -0.191. The van der Waals surface area contributed by atoms with E-state index in [9.17, 15) is 9.59 Å². The number of hydrogen-bond acceptors (Lipinski definition) is 2. The Morgan fingerprint density at radius 1 is 0.828 bits per heavy atom. The zero-order chi connectivity index (χ0) is 20.6. The third-order valence-electron chi connectivity index (χ3n) is 4.60. The average molecular weight is 451 g/mol. The van der Waals surface area contributed by atoms with Crippen molar-refractivity contribution in [2.45, 2.75) is 25.8 Å². The van der Waals surface area contributed by atoms with Crippen LogP contribution in [0.2, 0.25) is 0 Å². The van der Waals surface area contributed by atoms with Gasteiger partial charge in [-0.25, -0.2) is 0 Å². The van der Waals surface area contributed by atoms with E-state index in [1.807, 2.05) is 37.3 Å². The molecule has 2 N–H and O–H groups in total. The second-order valence-corrected chi connectivity index (χ2v) is 7.85. The number of anilines is 1. The number of aryl methyl sites for hydroxylation is 1. The van der Waals surface area contributed by atoms with Crippen LogP contribution in [0.25, 0.3) is 0 Å². The number of amides is 2. The van der Waals surface area contributed by atoms with Crippen LogP contribution in [0.3, 0.4) is 0 Å². The molecule has 0 aliphatic carbocycles. The Kier molecular flexibility index (Phi) is 7.19. The Balaban J connectivity index is 1.51. The first-order chi connectivity index (χ1) is 14.0. The first-order valence-electron chi connectivity index (χ1n) is 9.53. The van der Waals surface area contributed by atoms with Crippen molar-refractivity contribution in [3.8, 4) is 0 Å². The Hall–Kier alpha value is -2.92. The lowest BCUT2D eigenvalue weighted by atomic mass is 10.1. The smallest absolute Gasteiger partial charge is 0.255 e. The highest BCUT2D eigenvalue weighted by Crippen LogP contribution is 2.14. The van der Waals surface area contributed by atoms with E-state index in [0.29, 0.717) is 16.8 Å². The summed E-state index contributed by atoms with van der Waals surface area (Å²) in [5, 5.41) is 5.86. The van der Waals surface area contributed by atoms with E-state index in [1.54, 1.807) is 36.4 Å². The van der Waals surface area contributed by atoms with Gasteiger partial charge in [0.2, 0.25) is 0 Å². The van der Waals surface area contributed by atoms with Crippen LogP contribution in [-0.2, 0) is 6.42 Å². The average Bonchev–Trinajstić information content (AvgIpc) is 2.74. The van der Waals surface area contributed by atoms with Crippen LogP contribution in [0.1, 0.15) is 39.6 Å². The largest absolute Gasteiger partial charge is 0.350 e. The van der Waals surface area contributed by atoms with Crippen LogP contribution in [-0.4, -0.2) is 17.9 Å². The molecule has 0 saturated heterocycles. The highest BCUT2D eigenvalue weighted by atomic mass is 79.9. The van der Waals surface area contributed by atoms with Gasteiger partial charge in [-0.15, -0.1) is 0 Å². The van der Waals surface area contributed by atoms with E-state index in [4.69, 9.17) is 0 Å².